The van der Waals surface area contributed by atoms with E-state index in [9.17, 15) is 0 Å². The van der Waals surface area contributed by atoms with E-state index in [-0.39, 0.29) is 11.8 Å². The van der Waals surface area contributed by atoms with Gasteiger partial charge in [0.2, 0.25) is 0 Å². The predicted octanol–water partition coefficient (Wildman–Crippen LogP) is 17.1. The molecule has 0 fully saturated rings. The van der Waals surface area contributed by atoms with Crippen molar-refractivity contribution in [1.82, 2.24) is 9.97 Å². The Labute approximate surface area is 393 Å². The minimum atomic E-state index is -0.0973. The van der Waals surface area contributed by atoms with Crippen molar-refractivity contribution in [3.63, 3.8) is 0 Å². The molecule has 2 heterocycles. The molecule has 0 aliphatic heterocycles. The van der Waals surface area contributed by atoms with Gasteiger partial charge in [0.05, 0.1) is 22.4 Å². The monoisotopic (exact) mass is 860 g/mol. The lowest BCUT2D eigenvalue weighted by Crippen LogP contribution is -2.30. The van der Waals surface area contributed by atoms with Gasteiger partial charge in [0.1, 0.15) is 0 Å². The Balaban J connectivity index is 1.07. The van der Waals surface area contributed by atoms with E-state index >= 15 is 0 Å². The van der Waals surface area contributed by atoms with Gasteiger partial charge in [-0.2, -0.15) is 0 Å². The Morgan fingerprint density at radius 1 is 0.235 bits per heavy atom. The van der Waals surface area contributed by atoms with E-state index in [1.165, 1.54) is 109 Å². The number of aromatic nitrogens is 2. The van der Waals surface area contributed by atoms with Crippen LogP contribution in [0.15, 0.2) is 231 Å². The lowest BCUT2D eigenvalue weighted by atomic mass is 9.58. The van der Waals surface area contributed by atoms with Crippen molar-refractivity contribution in [2.75, 3.05) is 0 Å². The maximum atomic E-state index is 5.85. The minimum absolute atomic E-state index is 0.0973. The third-order valence-corrected chi connectivity index (χ3v) is 15.2. The molecule has 2 aromatic heterocycles. The molecule has 68 heavy (non-hydrogen) atoms. The van der Waals surface area contributed by atoms with E-state index < -0.39 is 0 Å². The molecule has 16 rings (SSSR count). The van der Waals surface area contributed by atoms with Crippen LogP contribution in [0.5, 0.6) is 0 Å². The third kappa shape index (κ3) is 5.46. The number of hydrogen-bond acceptors (Lipinski definition) is 2. The van der Waals surface area contributed by atoms with Crippen LogP contribution in [0.1, 0.15) is 45.2 Å². The number of benzene rings is 11. The van der Waals surface area contributed by atoms with Gasteiger partial charge in [-0.25, -0.2) is 9.97 Å². The fourth-order valence-electron chi connectivity index (χ4n) is 12.1. The Morgan fingerprint density at radius 3 is 1.03 bits per heavy atom. The Morgan fingerprint density at radius 2 is 0.588 bits per heavy atom. The predicted molar refractivity (Wildman–Crippen MR) is 284 cm³/mol. The van der Waals surface area contributed by atoms with E-state index in [0.717, 1.165) is 33.5 Å². The van der Waals surface area contributed by atoms with Crippen LogP contribution in [0.2, 0.25) is 0 Å². The molecular formula is C66H40N2. The minimum Gasteiger partial charge on any atom is -0.247 e. The zero-order valence-electron chi connectivity index (χ0n) is 37.0. The standard InChI is InChI=1S/C66H40N2/c1-3-13-39(14-4-1)41-23-29-45(30-24-41)65-63-59-51-21-11-12-22-52(51)60(61(63)55-35-47-33-27-43-17-7-9-19-49(43)53(47)37-57(55)67-65)64-62(59)56-36-48-34-28-44-18-8-10-20-50(44)54(48)38-58(56)68-66(64)46-31-25-42(26-32-46)40-15-5-2-6-16-40/h1-38,59-60H. The van der Waals surface area contributed by atoms with E-state index in [1.54, 1.807) is 0 Å². The van der Waals surface area contributed by atoms with Crippen LogP contribution < -0.4 is 0 Å². The zero-order chi connectivity index (χ0) is 44.5. The van der Waals surface area contributed by atoms with Crippen molar-refractivity contribution >= 4 is 64.9 Å². The Bertz CT molecular complexity index is 3950. The Hall–Kier alpha value is -8.72. The summed E-state index contributed by atoms with van der Waals surface area (Å²) in [4.78, 5) is 11.7. The van der Waals surface area contributed by atoms with E-state index in [2.05, 4.69) is 231 Å². The summed E-state index contributed by atoms with van der Waals surface area (Å²) in [7, 11) is 0. The SMILES string of the molecule is c1ccc(-c2ccc(-c3nc4cc5c(ccc6ccccc65)cc4c4c3C3c5ccccc5C4c4c(-c5ccc(-c6ccccc6)cc5)nc5cc6c(ccc7ccccc76)cc5c43)cc2)cc1. The molecule has 0 saturated heterocycles. The van der Waals surface area contributed by atoms with Crippen molar-refractivity contribution in [3.05, 3.63) is 264 Å². The summed E-state index contributed by atoms with van der Waals surface area (Å²) in [5.41, 5.74) is 19.2. The summed E-state index contributed by atoms with van der Waals surface area (Å²) in [6, 6.07) is 85.1. The van der Waals surface area contributed by atoms with Gasteiger partial charge in [0.25, 0.3) is 0 Å². The highest BCUT2D eigenvalue weighted by atomic mass is 14.8. The first-order valence-corrected chi connectivity index (χ1v) is 23.7. The van der Waals surface area contributed by atoms with Crippen LogP contribution in [0, 0.1) is 0 Å². The van der Waals surface area contributed by atoms with Gasteiger partial charge < -0.3 is 0 Å². The van der Waals surface area contributed by atoms with Crippen molar-refractivity contribution < 1.29 is 0 Å². The molecule has 0 amide bonds. The van der Waals surface area contributed by atoms with E-state index in [0.29, 0.717) is 0 Å². The quantitative estimate of drug-likeness (QED) is 0.130. The second-order valence-electron chi connectivity index (χ2n) is 18.7. The average Bonchev–Trinajstić information content (AvgIpc) is 3.42. The summed E-state index contributed by atoms with van der Waals surface area (Å²) in [5, 5.41) is 12.3. The molecule has 2 nitrogen and oxygen atoms in total. The van der Waals surface area contributed by atoms with Gasteiger partial charge in [-0.15, -0.1) is 0 Å². The molecule has 2 bridgehead atoms. The first-order chi connectivity index (χ1) is 33.7. The van der Waals surface area contributed by atoms with Crippen LogP contribution in [-0.4, -0.2) is 9.97 Å². The van der Waals surface area contributed by atoms with Crippen molar-refractivity contribution in [3.8, 4) is 44.8 Å². The summed E-state index contributed by atoms with van der Waals surface area (Å²) < 4.78 is 0. The highest BCUT2D eigenvalue weighted by Gasteiger charge is 2.47. The van der Waals surface area contributed by atoms with Crippen LogP contribution >= 0.6 is 0 Å². The number of rotatable bonds is 4. The van der Waals surface area contributed by atoms with E-state index in [4.69, 9.17) is 9.97 Å². The largest absolute Gasteiger partial charge is 0.247 e. The summed E-state index contributed by atoms with van der Waals surface area (Å²) >= 11 is 0. The number of fused-ring (bicyclic) bond motifs is 8. The molecule has 13 aromatic rings. The van der Waals surface area contributed by atoms with Crippen LogP contribution in [-0.2, 0) is 0 Å². The topological polar surface area (TPSA) is 25.8 Å². The molecule has 0 saturated carbocycles. The van der Waals surface area contributed by atoms with Gasteiger partial charge in [0.15, 0.2) is 0 Å². The summed E-state index contributed by atoms with van der Waals surface area (Å²) in [6.45, 7) is 0. The fourth-order valence-corrected chi connectivity index (χ4v) is 12.1. The molecular weight excluding hydrogens is 821 g/mol. The van der Waals surface area contributed by atoms with Crippen LogP contribution in [0.25, 0.3) is 110 Å². The Kier molecular flexibility index (Phi) is 7.93. The van der Waals surface area contributed by atoms with Crippen LogP contribution in [0.4, 0.5) is 0 Å². The second-order valence-corrected chi connectivity index (χ2v) is 18.7. The highest BCUT2D eigenvalue weighted by Crippen LogP contribution is 2.62. The lowest BCUT2D eigenvalue weighted by Gasteiger charge is -2.44. The van der Waals surface area contributed by atoms with Crippen molar-refractivity contribution in [1.29, 1.82) is 0 Å². The molecule has 11 aromatic carbocycles. The van der Waals surface area contributed by atoms with Gasteiger partial charge in [0, 0.05) is 33.7 Å². The highest BCUT2D eigenvalue weighted by molar-refractivity contribution is 6.15. The zero-order valence-corrected chi connectivity index (χ0v) is 37.0. The molecule has 0 spiro atoms. The fraction of sp³-hybridized carbons (Fsp3) is 0.0303. The van der Waals surface area contributed by atoms with E-state index in [1.807, 2.05) is 0 Å². The lowest BCUT2D eigenvalue weighted by molar-refractivity contribution is 0.763. The van der Waals surface area contributed by atoms with Gasteiger partial charge in [-0.1, -0.05) is 206 Å². The average molecular weight is 861 g/mol. The van der Waals surface area contributed by atoms with Crippen molar-refractivity contribution in [2.45, 2.75) is 11.8 Å². The molecule has 314 valence electrons. The normalized spacial score (nSPS) is 14.8. The molecule has 0 radical (unpaired) electrons. The van der Waals surface area contributed by atoms with Crippen LogP contribution in [0.3, 0.4) is 0 Å². The molecule has 2 unspecified atom stereocenters. The summed E-state index contributed by atoms with van der Waals surface area (Å²) in [5.74, 6) is -0.195. The van der Waals surface area contributed by atoms with Crippen molar-refractivity contribution in [2.24, 2.45) is 0 Å². The van der Waals surface area contributed by atoms with Gasteiger partial charge in [-0.05, 0) is 123 Å². The molecule has 0 N–H and O–H groups in total. The summed E-state index contributed by atoms with van der Waals surface area (Å²) in [6.07, 6.45) is 0. The molecule has 3 aliphatic rings. The smallest absolute Gasteiger partial charge is 0.0754 e. The molecule has 3 aliphatic carbocycles. The first kappa shape index (κ1) is 37.5. The number of nitrogens with zero attached hydrogens (tertiary/aromatic N) is 2. The second kappa shape index (κ2) is 14.4. The first-order valence-electron chi connectivity index (χ1n) is 23.7. The third-order valence-electron chi connectivity index (χ3n) is 15.2. The molecule has 2 heteroatoms. The maximum Gasteiger partial charge on any atom is 0.0754 e. The molecule has 2 atom stereocenters. The van der Waals surface area contributed by atoms with Gasteiger partial charge in [-0.3, -0.25) is 0 Å². The van der Waals surface area contributed by atoms with Gasteiger partial charge >= 0.3 is 0 Å². The maximum absolute atomic E-state index is 5.85. The number of hydrogen-bond donors (Lipinski definition) is 0. The number of pyridine rings is 2.